The van der Waals surface area contributed by atoms with Crippen LogP contribution in [0, 0.1) is 6.92 Å². The van der Waals surface area contributed by atoms with Crippen LogP contribution < -0.4 is 4.74 Å². The van der Waals surface area contributed by atoms with Gasteiger partial charge in [0.25, 0.3) is 0 Å². The SMILES string of the molecule is COc1ccc(-c2nnc(SCc3cc(C)on3)n2C)cc1. The molecule has 0 saturated carbocycles. The van der Waals surface area contributed by atoms with Crippen LogP contribution in [0.5, 0.6) is 5.75 Å². The quantitative estimate of drug-likeness (QED) is 0.674. The Balaban J connectivity index is 1.76. The van der Waals surface area contributed by atoms with Crippen molar-refractivity contribution in [3.8, 4) is 17.1 Å². The minimum absolute atomic E-state index is 0.700. The topological polar surface area (TPSA) is 66.0 Å². The first-order valence-electron chi connectivity index (χ1n) is 6.76. The van der Waals surface area contributed by atoms with E-state index in [1.807, 2.05) is 48.9 Å². The van der Waals surface area contributed by atoms with Crippen LogP contribution in [0.4, 0.5) is 0 Å². The Hall–Kier alpha value is -2.28. The van der Waals surface area contributed by atoms with Crippen LogP contribution in [0.1, 0.15) is 11.5 Å². The fourth-order valence-corrected chi connectivity index (χ4v) is 2.85. The third-order valence-corrected chi connectivity index (χ3v) is 4.26. The van der Waals surface area contributed by atoms with E-state index in [1.54, 1.807) is 18.9 Å². The number of hydrogen-bond donors (Lipinski definition) is 0. The van der Waals surface area contributed by atoms with Gasteiger partial charge in [0.2, 0.25) is 0 Å². The lowest BCUT2D eigenvalue weighted by Crippen LogP contribution is -1.95. The molecule has 7 heteroatoms. The number of methoxy groups -OCH3 is 1. The summed E-state index contributed by atoms with van der Waals surface area (Å²) in [5.74, 6) is 3.15. The molecule has 114 valence electrons. The maximum Gasteiger partial charge on any atom is 0.191 e. The molecule has 3 aromatic rings. The minimum atomic E-state index is 0.700. The molecule has 0 fully saturated rings. The van der Waals surface area contributed by atoms with Crippen molar-refractivity contribution in [3.63, 3.8) is 0 Å². The summed E-state index contributed by atoms with van der Waals surface area (Å²) in [7, 11) is 3.60. The summed E-state index contributed by atoms with van der Waals surface area (Å²) in [6, 6.07) is 9.69. The third-order valence-electron chi connectivity index (χ3n) is 3.21. The molecule has 6 nitrogen and oxygen atoms in total. The smallest absolute Gasteiger partial charge is 0.191 e. The molecule has 3 rings (SSSR count). The van der Waals surface area contributed by atoms with Gasteiger partial charge in [-0.15, -0.1) is 10.2 Å². The molecule has 2 heterocycles. The van der Waals surface area contributed by atoms with Crippen LogP contribution in [-0.4, -0.2) is 27.0 Å². The molecule has 0 unspecified atom stereocenters. The van der Waals surface area contributed by atoms with Gasteiger partial charge in [0.05, 0.1) is 12.8 Å². The van der Waals surface area contributed by atoms with Crippen LogP contribution in [0.25, 0.3) is 11.4 Å². The van der Waals surface area contributed by atoms with Crippen LogP contribution in [-0.2, 0) is 12.8 Å². The van der Waals surface area contributed by atoms with E-state index in [-0.39, 0.29) is 0 Å². The van der Waals surface area contributed by atoms with Crippen molar-refractivity contribution in [2.45, 2.75) is 17.8 Å². The number of hydrogen-bond acceptors (Lipinski definition) is 6. The van der Waals surface area contributed by atoms with Gasteiger partial charge in [0, 0.05) is 24.4 Å². The minimum Gasteiger partial charge on any atom is -0.497 e. The predicted octanol–water partition coefficient (Wildman–Crippen LogP) is 3.08. The summed E-state index contributed by atoms with van der Waals surface area (Å²) in [5, 5.41) is 13.3. The summed E-state index contributed by atoms with van der Waals surface area (Å²) in [4.78, 5) is 0. The fourth-order valence-electron chi connectivity index (χ4n) is 2.06. The summed E-state index contributed by atoms with van der Waals surface area (Å²) in [6.07, 6.45) is 0. The first kappa shape index (κ1) is 14.6. The van der Waals surface area contributed by atoms with Crippen molar-refractivity contribution < 1.29 is 9.26 Å². The van der Waals surface area contributed by atoms with Gasteiger partial charge < -0.3 is 13.8 Å². The van der Waals surface area contributed by atoms with Crippen molar-refractivity contribution in [3.05, 3.63) is 41.8 Å². The van der Waals surface area contributed by atoms with Crippen molar-refractivity contribution in [1.29, 1.82) is 0 Å². The highest BCUT2D eigenvalue weighted by atomic mass is 32.2. The van der Waals surface area contributed by atoms with E-state index >= 15 is 0 Å². The largest absolute Gasteiger partial charge is 0.497 e. The lowest BCUT2D eigenvalue weighted by molar-refractivity contribution is 0.393. The molecule has 0 aliphatic heterocycles. The van der Waals surface area contributed by atoms with Gasteiger partial charge in [-0.3, -0.25) is 0 Å². The zero-order chi connectivity index (χ0) is 15.5. The summed E-state index contributed by atoms with van der Waals surface area (Å²) < 4.78 is 12.2. The highest BCUT2D eigenvalue weighted by Gasteiger charge is 2.12. The second kappa shape index (κ2) is 6.23. The van der Waals surface area contributed by atoms with E-state index in [4.69, 9.17) is 9.26 Å². The summed E-state index contributed by atoms with van der Waals surface area (Å²) in [6.45, 7) is 1.88. The van der Waals surface area contributed by atoms with E-state index in [9.17, 15) is 0 Å². The number of rotatable bonds is 5. The number of aryl methyl sites for hydroxylation is 1. The van der Waals surface area contributed by atoms with E-state index in [1.165, 1.54) is 0 Å². The molecule has 0 saturated heterocycles. The summed E-state index contributed by atoms with van der Waals surface area (Å²) >= 11 is 1.58. The maximum absolute atomic E-state index is 5.17. The molecule has 22 heavy (non-hydrogen) atoms. The predicted molar refractivity (Wildman–Crippen MR) is 83.8 cm³/mol. The Kier molecular flexibility index (Phi) is 4.15. The standard InChI is InChI=1S/C15H16N4O2S/c1-10-8-12(18-21-10)9-22-15-17-16-14(19(15)2)11-4-6-13(20-3)7-5-11/h4-8H,9H2,1-3H3. The molecule has 0 radical (unpaired) electrons. The second-order valence-electron chi connectivity index (χ2n) is 4.81. The molecule has 0 atom stereocenters. The lowest BCUT2D eigenvalue weighted by atomic mass is 10.2. The average Bonchev–Trinajstić information content (AvgIpc) is 3.11. The van der Waals surface area contributed by atoms with Gasteiger partial charge in [-0.2, -0.15) is 0 Å². The van der Waals surface area contributed by atoms with Crippen molar-refractivity contribution >= 4 is 11.8 Å². The first-order chi connectivity index (χ1) is 10.7. The molecule has 2 aromatic heterocycles. The number of aromatic nitrogens is 4. The highest BCUT2D eigenvalue weighted by molar-refractivity contribution is 7.98. The summed E-state index contributed by atoms with van der Waals surface area (Å²) in [5.41, 5.74) is 1.90. The van der Waals surface area contributed by atoms with Gasteiger partial charge in [-0.25, -0.2) is 0 Å². The van der Waals surface area contributed by atoms with E-state index in [0.717, 1.165) is 33.7 Å². The molecule has 0 spiro atoms. The average molecular weight is 316 g/mol. The Labute approximate surface area is 132 Å². The number of ether oxygens (including phenoxy) is 1. The maximum atomic E-state index is 5.17. The van der Waals surface area contributed by atoms with Crippen molar-refractivity contribution in [2.75, 3.05) is 7.11 Å². The van der Waals surface area contributed by atoms with Gasteiger partial charge in [-0.05, 0) is 31.2 Å². The zero-order valence-electron chi connectivity index (χ0n) is 12.6. The van der Waals surface area contributed by atoms with Crippen LogP contribution in [0.2, 0.25) is 0 Å². The van der Waals surface area contributed by atoms with Crippen LogP contribution in [0.3, 0.4) is 0 Å². The lowest BCUT2D eigenvalue weighted by Gasteiger charge is -2.04. The Morgan fingerprint density at radius 1 is 1.23 bits per heavy atom. The Morgan fingerprint density at radius 2 is 2.00 bits per heavy atom. The van der Waals surface area contributed by atoms with Gasteiger partial charge in [-0.1, -0.05) is 16.9 Å². The van der Waals surface area contributed by atoms with Crippen LogP contribution in [0.15, 0.2) is 40.0 Å². The third kappa shape index (κ3) is 2.99. The number of benzene rings is 1. The van der Waals surface area contributed by atoms with Crippen molar-refractivity contribution in [2.24, 2.45) is 7.05 Å². The van der Waals surface area contributed by atoms with E-state index in [0.29, 0.717) is 5.75 Å². The zero-order valence-corrected chi connectivity index (χ0v) is 13.4. The Morgan fingerprint density at radius 3 is 2.64 bits per heavy atom. The monoisotopic (exact) mass is 316 g/mol. The Bertz CT molecular complexity index is 764. The van der Waals surface area contributed by atoms with Gasteiger partial charge in [0.15, 0.2) is 11.0 Å². The number of thioether (sulfide) groups is 1. The molecular weight excluding hydrogens is 300 g/mol. The molecule has 0 aliphatic carbocycles. The van der Waals surface area contributed by atoms with E-state index in [2.05, 4.69) is 15.4 Å². The number of nitrogens with zero attached hydrogens (tertiary/aromatic N) is 4. The first-order valence-corrected chi connectivity index (χ1v) is 7.74. The molecule has 0 aliphatic rings. The van der Waals surface area contributed by atoms with Crippen molar-refractivity contribution in [1.82, 2.24) is 19.9 Å². The van der Waals surface area contributed by atoms with Crippen LogP contribution >= 0.6 is 11.8 Å². The molecule has 0 amide bonds. The van der Waals surface area contributed by atoms with Gasteiger partial charge >= 0.3 is 0 Å². The normalized spacial score (nSPS) is 10.9. The fraction of sp³-hybridized carbons (Fsp3) is 0.267. The second-order valence-corrected chi connectivity index (χ2v) is 5.75. The van der Waals surface area contributed by atoms with E-state index < -0.39 is 0 Å². The highest BCUT2D eigenvalue weighted by Crippen LogP contribution is 2.26. The van der Waals surface area contributed by atoms with Gasteiger partial charge in [0.1, 0.15) is 11.5 Å². The molecule has 1 aromatic carbocycles. The molecule has 0 bridgehead atoms. The molecule has 0 N–H and O–H groups in total. The molecular formula is C15H16N4O2S.